The summed E-state index contributed by atoms with van der Waals surface area (Å²) in [6, 6.07) is 2.94. The summed E-state index contributed by atoms with van der Waals surface area (Å²) in [4.78, 5) is 28.3. The smallest absolute Gasteiger partial charge is 0.862 e. The molecule has 1 amide bonds. The van der Waals surface area contributed by atoms with Crippen LogP contribution in [0.3, 0.4) is 0 Å². The van der Waals surface area contributed by atoms with Gasteiger partial charge in [-0.1, -0.05) is 0 Å². The van der Waals surface area contributed by atoms with E-state index < -0.39 is 191 Å². The molecule has 25 atom stereocenters. The molecule has 14 N–H and O–H groups in total. The standard InChI is InChI=1S/C41H62N2O27.Na/c1-12-31(27(54)29(56)39(61-12)67-32-20(42-13(2)47)37(63-17(9-44)22(32)49)62-16-7-5-15(60-4)6-8-16)66-41-30(57)34(24(51)19(11-46)65-41)69-38-21(43-14(3)48)33(23(50)18(10-45)64-38)68-40-28(55)25(52)26(53)35(70-40)36(58)59;/h5-8,12,17-35,37-41,44-46,49-57H,9-11H2,1-4H3,(H,42,47)(H,43,48)(H,58,59);/q;+1/p-1/t12-,17+,18+,19+,20+,21+,22+,23-,24-,25-,26+,27-,28+,29+,30+,31-,32+,33+,34-,35-,37+,38-,39-,40-,41+;/m0./s1. The second-order valence-corrected chi connectivity index (χ2v) is 17.1. The number of aliphatic hydroxyl groups is 12. The average molecular weight is 1040 g/mol. The summed E-state index contributed by atoms with van der Waals surface area (Å²) in [5, 5.41) is 154. The van der Waals surface area contributed by atoms with Crippen molar-refractivity contribution in [1.82, 2.24) is 5.32 Å². The number of hydrogen-bond donors (Lipinski definition) is 14. The molecule has 0 radical (unpaired) electrons. The van der Waals surface area contributed by atoms with Crippen molar-refractivity contribution in [3.8, 4) is 11.5 Å². The third kappa shape index (κ3) is 13.3. The Morgan fingerprint density at radius 3 is 1.61 bits per heavy atom. The number of aliphatic carboxylic acids is 1. The second kappa shape index (κ2) is 25.8. The van der Waals surface area contributed by atoms with Gasteiger partial charge in [0.1, 0.15) is 121 Å². The number of carbonyl (C=O) groups is 2. The molecule has 1 aromatic carbocycles. The Hall–Kier alpha value is -2.61. The van der Waals surface area contributed by atoms with Crippen molar-refractivity contribution in [3.05, 3.63) is 24.3 Å². The first kappa shape index (κ1) is 59.3. The van der Waals surface area contributed by atoms with E-state index in [-0.39, 0.29) is 35.3 Å². The number of hydrogen-bond acceptors (Lipinski definition) is 27. The number of rotatable bonds is 17. The molecule has 6 rings (SSSR count). The topological polar surface area (TPSA) is 446 Å². The first-order valence-electron chi connectivity index (χ1n) is 22.0. The molecule has 5 saturated heterocycles. The quantitative estimate of drug-likeness (QED) is 0.0391. The molecule has 1 aromatic rings. The Kier molecular flexibility index (Phi) is 21.5. The van der Waals surface area contributed by atoms with Crippen LogP contribution in [-0.2, 0) is 52.2 Å². The van der Waals surface area contributed by atoms with Gasteiger partial charge in [-0.15, -0.1) is 0 Å². The maximum atomic E-state index is 12.5. The Labute approximate surface area is 426 Å². The van der Waals surface area contributed by atoms with Gasteiger partial charge in [-0.25, -0.2) is 4.79 Å². The fourth-order valence-electron chi connectivity index (χ4n) is 8.59. The molecule has 5 heterocycles. The van der Waals surface area contributed by atoms with Crippen LogP contribution in [0.2, 0.25) is 0 Å². The predicted octanol–water partition coefficient (Wildman–Crippen LogP) is -11.8. The molecule has 5 aliphatic rings. The van der Waals surface area contributed by atoms with Crippen LogP contribution in [0.15, 0.2) is 29.3 Å². The van der Waals surface area contributed by atoms with Gasteiger partial charge in [0.2, 0.25) is 12.2 Å². The average Bonchev–Trinajstić information content (AvgIpc) is 3.32. The van der Waals surface area contributed by atoms with Crippen molar-refractivity contribution in [2.24, 2.45) is 4.99 Å². The van der Waals surface area contributed by atoms with E-state index in [1.54, 1.807) is 12.1 Å². The summed E-state index contributed by atoms with van der Waals surface area (Å²) < 4.78 is 62.9. The van der Waals surface area contributed by atoms with Crippen molar-refractivity contribution < 1.29 is 163 Å². The number of nitrogens with zero attached hydrogens (tertiary/aromatic N) is 1. The van der Waals surface area contributed by atoms with E-state index in [2.05, 4.69) is 10.3 Å². The third-order valence-corrected chi connectivity index (χ3v) is 12.3. The number of carbonyl (C=O) groups excluding carboxylic acids is 1. The van der Waals surface area contributed by atoms with Crippen LogP contribution in [0.4, 0.5) is 0 Å². The molecule has 398 valence electrons. The number of benzene rings is 1. The number of aliphatic hydroxyl groups excluding tert-OH is 12. The summed E-state index contributed by atoms with van der Waals surface area (Å²) in [6.07, 6.45) is -42.9. The third-order valence-electron chi connectivity index (χ3n) is 12.3. The summed E-state index contributed by atoms with van der Waals surface area (Å²) >= 11 is 0. The maximum absolute atomic E-state index is 12.5. The summed E-state index contributed by atoms with van der Waals surface area (Å²) in [7, 11) is 1.45. The minimum Gasteiger partial charge on any atom is -0.862 e. The molecule has 30 heteroatoms. The van der Waals surface area contributed by atoms with E-state index in [4.69, 9.17) is 52.1 Å². The number of nitrogens with one attached hydrogen (secondary N) is 1. The van der Waals surface area contributed by atoms with Gasteiger partial charge in [-0.2, -0.15) is 0 Å². The molecule has 0 saturated carbocycles. The fraction of sp³-hybridized carbons (Fsp3) is 0.780. The normalized spacial score (nSPS) is 44.2. The van der Waals surface area contributed by atoms with E-state index in [0.717, 1.165) is 13.8 Å². The van der Waals surface area contributed by atoms with Crippen molar-refractivity contribution in [1.29, 1.82) is 0 Å². The van der Waals surface area contributed by atoms with Crippen LogP contribution in [0.5, 0.6) is 11.5 Å². The zero-order valence-electron chi connectivity index (χ0n) is 38.8. The zero-order valence-corrected chi connectivity index (χ0v) is 40.8. The molecule has 0 spiro atoms. The Bertz CT molecular complexity index is 1890. The molecule has 0 bridgehead atoms. The molecule has 0 aliphatic carbocycles. The minimum absolute atomic E-state index is 0. The maximum Gasteiger partial charge on any atom is 1.00 e. The first-order chi connectivity index (χ1) is 33.1. The first-order valence-corrected chi connectivity index (χ1v) is 22.0. The SMILES string of the molecule is COc1ccc(O[C@@H]2O[C@H](CO)[C@@H](O)[C@H](O[C@@H]3O[C@@H](C)[C@H](O[C@H]4O[C@H](CO)[C@H](O)[C@H](O[C@@H]5O[C@H](CO)[C@H](O)[C@H](O[C@H]6O[C@H](C(=O)O)[C@H](O)[C@H](O)[C@H]6O)[C@H]5NC(C)=O)[C@H]4O)[C@@H](O)[C@H]3O)[C@H]2N=C(C)[O-])cc1.[Na+]. The molecular weight excluding hydrogens is 975 g/mol. The number of carboxylic acid groups (broad SMARTS) is 1. The molecule has 5 fully saturated rings. The van der Waals surface area contributed by atoms with E-state index >= 15 is 0 Å². The Morgan fingerprint density at radius 1 is 0.592 bits per heavy atom. The van der Waals surface area contributed by atoms with E-state index in [9.17, 15) is 81.1 Å². The van der Waals surface area contributed by atoms with Gasteiger partial charge in [0.05, 0.1) is 33.0 Å². The number of aliphatic imine (C=N–C) groups is 1. The second-order valence-electron chi connectivity index (χ2n) is 17.1. The monoisotopic (exact) mass is 1040 g/mol. The molecule has 71 heavy (non-hydrogen) atoms. The largest absolute Gasteiger partial charge is 1.00 e. The summed E-state index contributed by atoms with van der Waals surface area (Å²) in [5.74, 6) is -2.69. The molecule has 0 aromatic heterocycles. The number of carboxylic acids is 1. The zero-order chi connectivity index (χ0) is 51.5. The van der Waals surface area contributed by atoms with Crippen molar-refractivity contribution in [2.45, 2.75) is 174 Å². The Balaban J connectivity index is 0.00000937. The van der Waals surface area contributed by atoms with E-state index in [0.29, 0.717) is 5.75 Å². The van der Waals surface area contributed by atoms with E-state index in [1.165, 1.54) is 26.2 Å². The number of amides is 1. The molecule has 5 aliphatic heterocycles. The minimum atomic E-state index is -2.16. The number of methoxy groups -OCH3 is 1. The van der Waals surface area contributed by atoms with Gasteiger partial charge in [0.25, 0.3) is 0 Å². The predicted molar refractivity (Wildman–Crippen MR) is 220 cm³/mol. The molecule has 29 nitrogen and oxygen atoms in total. The van der Waals surface area contributed by atoms with Gasteiger partial charge >= 0.3 is 35.5 Å². The summed E-state index contributed by atoms with van der Waals surface area (Å²) in [6.45, 7) is 0.707. The summed E-state index contributed by atoms with van der Waals surface area (Å²) in [5.41, 5.74) is 0. The van der Waals surface area contributed by atoms with Gasteiger partial charge in [-0.05, 0) is 44.0 Å². The van der Waals surface area contributed by atoms with Crippen LogP contribution in [0, 0.1) is 0 Å². The number of ether oxygens (including phenoxy) is 11. The molecular formula is C41H61N2NaO27. The van der Waals surface area contributed by atoms with E-state index in [1.807, 2.05) is 0 Å². The van der Waals surface area contributed by atoms with Gasteiger partial charge < -0.3 is 129 Å². The van der Waals surface area contributed by atoms with Crippen LogP contribution in [0.25, 0.3) is 0 Å². The van der Waals surface area contributed by atoms with Crippen molar-refractivity contribution >= 4 is 17.8 Å². The van der Waals surface area contributed by atoms with Gasteiger partial charge in [0, 0.05) is 6.92 Å². The molecule has 0 unspecified atom stereocenters. The van der Waals surface area contributed by atoms with Crippen LogP contribution in [-0.4, -0.2) is 264 Å². The van der Waals surface area contributed by atoms with Crippen molar-refractivity contribution in [2.75, 3.05) is 26.9 Å². The van der Waals surface area contributed by atoms with Crippen LogP contribution in [0.1, 0.15) is 20.8 Å². The van der Waals surface area contributed by atoms with Crippen LogP contribution < -0.4 is 49.5 Å². The van der Waals surface area contributed by atoms with Gasteiger partial charge in [0.15, 0.2) is 31.3 Å². The van der Waals surface area contributed by atoms with Crippen molar-refractivity contribution in [3.63, 3.8) is 0 Å². The fourth-order valence-corrected chi connectivity index (χ4v) is 8.59. The Morgan fingerprint density at radius 2 is 1.06 bits per heavy atom. The van der Waals surface area contributed by atoms with Crippen LogP contribution >= 0.6 is 0 Å². The van der Waals surface area contributed by atoms with Gasteiger partial charge in [-0.3, -0.25) is 9.79 Å².